The molecule has 1 aliphatic heterocycles. The molecule has 0 aliphatic carbocycles. The maximum absolute atomic E-state index is 12.5. The zero-order valence-corrected chi connectivity index (χ0v) is 12.0. The molecule has 1 heterocycles. The predicted octanol–water partition coefficient (Wildman–Crippen LogP) is 2.54. The van der Waals surface area contributed by atoms with Gasteiger partial charge < -0.3 is 14.4 Å². The fourth-order valence-electron chi connectivity index (χ4n) is 2.27. The van der Waals surface area contributed by atoms with Crippen molar-refractivity contribution in [3.05, 3.63) is 23.8 Å². The molecule has 0 radical (unpaired) electrons. The van der Waals surface area contributed by atoms with Crippen molar-refractivity contribution in [1.29, 1.82) is 0 Å². The second-order valence-electron chi connectivity index (χ2n) is 5.39. The second-order valence-corrected chi connectivity index (χ2v) is 5.39. The molecular weight excluding hydrogens is 242 g/mol. The number of anilines is 1. The number of aryl methyl sites for hydroxylation is 1. The first-order valence-electron chi connectivity index (χ1n) is 6.56. The summed E-state index contributed by atoms with van der Waals surface area (Å²) < 4.78 is 10.9. The molecule has 1 aliphatic rings. The van der Waals surface area contributed by atoms with Gasteiger partial charge in [0.1, 0.15) is 5.75 Å². The molecule has 0 fully saturated rings. The summed E-state index contributed by atoms with van der Waals surface area (Å²) in [6, 6.07) is 5.93. The van der Waals surface area contributed by atoms with Gasteiger partial charge in [0.25, 0.3) is 5.91 Å². The molecule has 0 unspecified atom stereocenters. The molecule has 4 heteroatoms. The quantitative estimate of drug-likeness (QED) is 0.784. The van der Waals surface area contributed by atoms with Gasteiger partial charge in [0.05, 0.1) is 5.69 Å². The molecule has 0 saturated heterocycles. The van der Waals surface area contributed by atoms with Crippen LogP contribution in [0.3, 0.4) is 0 Å². The Morgan fingerprint density at radius 2 is 2.11 bits per heavy atom. The molecule has 0 N–H and O–H groups in total. The Morgan fingerprint density at radius 1 is 1.37 bits per heavy atom. The number of rotatable bonds is 4. The maximum atomic E-state index is 12.5. The van der Waals surface area contributed by atoms with Crippen molar-refractivity contribution < 1.29 is 14.3 Å². The number of fused-ring (bicyclic) bond motifs is 1. The van der Waals surface area contributed by atoms with Crippen LogP contribution in [0.25, 0.3) is 0 Å². The highest BCUT2D eigenvalue weighted by atomic mass is 16.5. The van der Waals surface area contributed by atoms with E-state index in [0.717, 1.165) is 23.4 Å². The minimum absolute atomic E-state index is 0.00158. The third-order valence-electron chi connectivity index (χ3n) is 3.26. The van der Waals surface area contributed by atoms with Crippen molar-refractivity contribution >= 4 is 11.6 Å². The van der Waals surface area contributed by atoms with Crippen LogP contribution in [-0.4, -0.2) is 31.8 Å². The van der Waals surface area contributed by atoms with Crippen LogP contribution in [0.1, 0.15) is 25.8 Å². The summed E-state index contributed by atoms with van der Waals surface area (Å²) in [4.78, 5) is 14.3. The summed E-state index contributed by atoms with van der Waals surface area (Å²) in [5.74, 6) is 0.773. The lowest BCUT2D eigenvalue weighted by Gasteiger charge is -2.39. The number of benzene rings is 1. The molecule has 1 aromatic rings. The number of hydrogen-bond acceptors (Lipinski definition) is 3. The Labute approximate surface area is 114 Å². The zero-order chi connectivity index (χ0) is 14.0. The van der Waals surface area contributed by atoms with Crippen molar-refractivity contribution in [2.45, 2.75) is 32.8 Å². The van der Waals surface area contributed by atoms with Crippen LogP contribution >= 0.6 is 0 Å². The Bertz CT molecular complexity index is 482. The minimum atomic E-state index is -0.810. The van der Waals surface area contributed by atoms with Crippen molar-refractivity contribution in [2.75, 3.05) is 25.2 Å². The monoisotopic (exact) mass is 263 g/mol. The van der Waals surface area contributed by atoms with E-state index >= 15 is 0 Å². The van der Waals surface area contributed by atoms with Crippen LogP contribution in [0.15, 0.2) is 18.2 Å². The molecule has 4 nitrogen and oxygen atoms in total. The van der Waals surface area contributed by atoms with Crippen molar-refractivity contribution in [3.8, 4) is 5.75 Å². The largest absolute Gasteiger partial charge is 0.476 e. The second kappa shape index (κ2) is 5.21. The van der Waals surface area contributed by atoms with Gasteiger partial charge in [-0.15, -0.1) is 0 Å². The number of carbonyl (C=O) groups excluding carboxylic acids is 1. The summed E-state index contributed by atoms with van der Waals surface area (Å²) >= 11 is 0. The number of ether oxygens (including phenoxy) is 2. The van der Waals surface area contributed by atoms with Crippen molar-refractivity contribution in [1.82, 2.24) is 0 Å². The molecular formula is C15H21NO3. The van der Waals surface area contributed by atoms with Crippen LogP contribution in [0.4, 0.5) is 5.69 Å². The molecule has 0 bridgehead atoms. The highest BCUT2D eigenvalue weighted by Crippen LogP contribution is 2.38. The smallest absolute Gasteiger partial charge is 0.270 e. The Morgan fingerprint density at radius 3 is 2.79 bits per heavy atom. The summed E-state index contributed by atoms with van der Waals surface area (Å²) in [6.45, 7) is 6.92. The van der Waals surface area contributed by atoms with E-state index in [4.69, 9.17) is 9.47 Å². The topological polar surface area (TPSA) is 38.8 Å². The summed E-state index contributed by atoms with van der Waals surface area (Å²) in [5.41, 5.74) is 1.17. The third-order valence-corrected chi connectivity index (χ3v) is 3.26. The molecule has 0 atom stereocenters. The lowest BCUT2D eigenvalue weighted by molar-refractivity contribution is -0.132. The number of nitrogens with zero attached hydrogens (tertiary/aromatic N) is 1. The van der Waals surface area contributed by atoms with E-state index in [2.05, 4.69) is 0 Å². The van der Waals surface area contributed by atoms with Crippen LogP contribution in [-0.2, 0) is 9.53 Å². The van der Waals surface area contributed by atoms with Gasteiger partial charge >= 0.3 is 0 Å². The van der Waals surface area contributed by atoms with Crippen molar-refractivity contribution in [2.24, 2.45) is 0 Å². The van der Waals surface area contributed by atoms with Crippen LogP contribution < -0.4 is 9.64 Å². The molecule has 0 spiro atoms. The number of methoxy groups -OCH3 is 1. The third kappa shape index (κ3) is 2.73. The van der Waals surface area contributed by atoms with Gasteiger partial charge in [0, 0.05) is 20.3 Å². The molecule has 0 saturated carbocycles. The van der Waals surface area contributed by atoms with Crippen LogP contribution in [0.2, 0.25) is 0 Å². The van der Waals surface area contributed by atoms with Gasteiger partial charge in [0.15, 0.2) is 5.60 Å². The fraction of sp³-hybridized carbons (Fsp3) is 0.533. The molecule has 104 valence electrons. The Hall–Kier alpha value is -1.55. The van der Waals surface area contributed by atoms with Gasteiger partial charge in [-0.05, 0) is 44.9 Å². The Balaban J connectivity index is 2.33. The lowest BCUT2D eigenvalue weighted by atomic mass is 10.0. The van der Waals surface area contributed by atoms with Gasteiger partial charge in [-0.3, -0.25) is 4.79 Å². The normalized spacial score (nSPS) is 17.1. The summed E-state index contributed by atoms with van der Waals surface area (Å²) in [5, 5.41) is 0. The molecule has 19 heavy (non-hydrogen) atoms. The molecule has 0 aromatic heterocycles. The Kier molecular flexibility index (Phi) is 3.80. The standard InChI is InChI=1S/C15H21NO3/c1-11-6-7-13-12(10-11)16(8-5-9-18-4)14(17)15(2,3)19-13/h6-7,10H,5,8-9H2,1-4H3. The van der Waals surface area contributed by atoms with Crippen molar-refractivity contribution in [3.63, 3.8) is 0 Å². The average Bonchev–Trinajstić information content (AvgIpc) is 2.35. The first-order chi connectivity index (χ1) is 8.95. The maximum Gasteiger partial charge on any atom is 0.270 e. The van der Waals surface area contributed by atoms with E-state index in [1.54, 1.807) is 21.0 Å². The first-order valence-corrected chi connectivity index (χ1v) is 6.56. The zero-order valence-electron chi connectivity index (χ0n) is 12.0. The van der Waals surface area contributed by atoms with Crippen LogP contribution in [0, 0.1) is 6.92 Å². The van der Waals surface area contributed by atoms with E-state index in [9.17, 15) is 4.79 Å². The van der Waals surface area contributed by atoms with Gasteiger partial charge in [-0.1, -0.05) is 6.07 Å². The number of hydrogen-bond donors (Lipinski definition) is 0. The fourth-order valence-corrected chi connectivity index (χ4v) is 2.27. The minimum Gasteiger partial charge on any atom is -0.476 e. The van der Waals surface area contributed by atoms with E-state index < -0.39 is 5.60 Å². The molecule has 1 amide bonds. The van der Waals surface area contributed by atoms with Gasteiger partial charge in [0.2, 0.25) is 0 Å². The van der Waals surface area contributed by atoms with Crippen LogP contribution in [0.5, 0.6) is 5.75 Å². The lowest BCUT2D eigenvalue weighted by Crippen LogP contribution is -2.52. The summed E-state index contributed by atoms with van der Waals surface area (Å²) in [6.07, 6.45) is 0.811. The SMILES string of the molecule is COCCCN1C(=O)C(C)(C)Oc2ccc(C)cc21. The summed E-state index contributed by atoms with van der Waals surface area (Å²) in [7, 11) is 1.67. The molecule has 2 rings (SSSR count). The number of amides is 1. The van der Waals surface area contributed by atoms with E-state index in [0.29, 0.717) is 13.2 Å². The predicted molar refractivity (Wildman–Crippen MR) is 74.7 cm³/mol. The van der Waals surface area contributed by atoms with E-state index in [1.165, 1.54) is 0 Å². The average molecular weight is 263 g/mol. The number of carbonyl (C=O) groups is 1. The van der Waals surface area contributed by atoms with Gasteiger partial charge in [-0.25, -0.2) is 0 Å². The first kappa shape index (κ1) is 13.9. The van der Waals surface area contributed by atoms with E-state index in [1.807, 2.05) is 30.0 Å². The van der Waals surface area contributed by atoms with E-state index in [-0.39, 0.29) is 5.91 Å². The molecule has 1 aromatic carbocycles. The highest BCUT2D eigenvalue weighted by molar-refractivity contribution is 6.02. The highest BCUT2D eigenvalue weighted by Gasteiger charge is 2.40. The van der Waals surface area contributed by atoms with Gasteiger partial charge in [-0.2, -0.15) is 0 Å².